The van der Waals surface area contributed by atoms with E-state index in [1.807, 2.05) is 22.3 Å². The fourth-order valence-corrected chi connectivity index (χ4v) is 4.43. The van der Waals surface area contributed by atoms with Crippen LogP contribution in [-0.2, 0) is 19.0 Å². The smallest absolute Gasteiger partial charge is 0.143 e. The highest BCUT2D eigenvalue weighted by atomic mass is 19.1. The molecule has 0 aliphatic rings. The molecule has 0 aliphatic carbocycles. The predicted octanol–water partition coefficient (Wildman–Crippen LogP) is 3.17. The molecule has 0 amide bonds. The molecule has 1 unspecified atom stereocenters. The monoisotopic (exact) mass is 458 g/mol. The number of nitriles is 2. The van der Waals surface area contributed by atoms with Gasteiger partial charge in [-0.1, -0.05) is 20.8 Å². The number of hydrogen-bond donors (Lipinski definition) is 2. The van der Waals surface area contributed by atoms with Gasteiger partial charge in [0, 0.05) is 24.5 Å². The van der Waals surface area contributed by atoms with Crippen LogP contribution in [0.3, 0.4) is 0 Å². The summed E-state index contributed by atoms with van der Waals surface area (Å²) in [5.41, 5.74) is 3.94. The van der Waals surface area contributed by atoms with Gasteiger partial charge in [0.05, 0.1) is 48.4 Å². The lowest BCUT2D eigenvalue weighted by molar-refractivity contribution is 0.286. The molecule has 8 nitrogen and oxygen atoms in total. The molecule has 1 aromatic carbocycles. The number of aliphatic hydroxyl groups excluding tert-OH is 1. The topological polar surface area (TPSA) is 115 Å². The van der Waals surface area contributed by atoms with Crippen LogP contribution in [0, 0.1) is 34.7 Å². The highest BCUT2D eigenvalue weighted by Gasteiger charge is 2.31. The van der Waals surface area contributed by atoms with Gasteiger partial charge in [0.15, 0.2) is 0 Å². The molecular formula is C25H25FN7O. The zero-order chi connectivity index (χ0) is 24.6. The van der Waals surface area contributed by atoms with Gasteiger partial charge < -0.3 is 14.2 Å². The fourth-order valence-electron chi connectivity index (χ4n) is 4.43. The maximum absolute atomic E-state index is 14.6. The highest BCUT2D eigenvalue weighted by Crippen LogP contribution is 2.43. The van der Waals surface area contributed by atoms with Crippen molar-refractivity contribution in [1.82, 2.24) is 24.4 Å². The maximum atomic E-state index is 14.6. The van der Waals surface area contributed by atoms with Crippen LogP contribution in [0.5, 0.6) is 0 Å². The first-order valence-corrected chi connectivity index (χ1v) is 10.9. The van der Waals surface area contributed by atoms with E-state index in [-0.39, 0.29) is 25.3 Å². The minimum atomic E-state index is -0.637. The van der Waals surface area contributed by atoms with Gasteiger partial charge in [-0.25, -0.2) is 14.4 Å². The number of pyridine rings is 1. The number of imidazole rings is 1. The molecule has 0 spiro atoms. The van der Waals surface area contributed by atoms with Gasteiger partial charge >= 0.3 is 0 Å². The summed E-state index contributed by atoms with van der Waals surface area (Å²) in [4.78, 5) is 8.99. The minimum Gasteiger partial charge on any atom is -0.395 e. The number of benzene rings is 1. The Morgan fingerprint density at radius 2 is 2.03 bits per heavy atom. The third-order valence-electron chi connectivity index (χ3n) is 5.75. The molecule has 4 aromatic rings. The van der Waals surface area contributed by atoms with E-state index in [1.54, 1.807) is 12.4 Å². The Morgan fingerprint density at radius 1 is 1.26 bits per heavy atom. The zero-order valence-corrected chi connectivity index (χ0v) is 19.5. The number of hydrogen-bond acceptors (Lipinski definition) is 6. The molecule has 1 radical (unpaired) electrons. The molecule has 173 valence electrons. The first kappa shape index (κ1) is 23.4. The molecule has 0 bridgehead atoms. The number of aliphatic hydroxyl groups is 1. The second-order valence-corrected chi connectivity index (χ2v) is 9.26. The van der Waals surface area contributed by atoms with Crippen LogP contribution in [0.15, 0.2) is 24.5 Å². The normalized spacial score (nSPS) is 12.7. The summed E-state index contributed by atoms with van der Waals surface area (Å²) in [5.74, 6) is -0.522. The largest absolute Gasteiger partial charge is 0.395 e. The Morgan fingerprint density at radius 3 is 2.68 bits per heavy atom. The van der Waals surface area contributed by atoms with Crippen molar-refractivity contribution in [3.8, 4) is 23.4 Å². The molecule has 2 N–H and O–H groups in total. The maximum Gasteiger partial charge on any atom is 0.143 e. The van der Waals surface area contributed by atoms with Crippen LogP contribution in [0.2, 0.25) is 0 Å². The molecule has 1 atom stereocenters. The number of rotatable bonds is 6. The molecule has 9 heteroatoms. The number of nitrogens with one attached hydrogen (secondary N) is 1. The lowest BCUT2D eigenvalue weighted by atomic mass is 9.83. The van der Waals surface area contributed by atoms with E-state index in [2.05, 4.69) is 48.3 Å². The van der Waals surface area contributed by atoms with E-state index in [4.69, 9.17) is 0 Å². The molecule has 4 rings (SSSR count). The van der Waals surface area contributed by atoms with Gasteiger partial charge in [-0.3, -0.25) is 5.32 Å². The molecule has 3 heterocycles. The summed E-state index contributed by atoms with van der Waals surface area (Å²) in [6, 6.07) is 7.86. The van der Waals surface area contributed by atoms with E-state index in [0.717, 1.165) is 16.5 Å². The molecule has 0 aliphatic heterocycles. The van der Waals surface area contributed by atoms with Crippen LogP contribution < -0.4 is 5.32 Å². The lowest BCUT2D eigenvalue weighted by Crippen LogP contribution is -2.34. The van der Waals surface area contributed by atoms with Gasteiger partial charge in [-0.05, 0) is 29.2 Å². The Kier molecular flexibility index (Phi) is 6.09. The summed E-state index contributed by atoms with van der Waals surface area (Å²) in [6.07, 6.45) is 4.69. The van der Waals surface area contributed by atoms with Gasteiger partial charge in [-0.2, -0.15) is 10.5 Å². The van der Waals surface area contributed by atoms with Crippen molar-refractivity contribution < 1.29 is 9.50 Å². The third kappa shape index (κ3) is 4.01. The molecular weight excluding hydrogens is 433 g/mol. The van der Waals surface area contributed by atoms with Gasteiger partial charge in [0.2, 0.25) is 0 Å². The first-order valence-electron chi connectivity index (χ1n) is 10.9. The molecule has 0 fully saturated rings. The lowest BCUT2D eigenvalue weighted by Gasteiger charge is -2.23. The minimum absolute atomic E-state index is 0.109. The number of aromatic nitrogens is 4. The van der Waals surface area contributed by atoms with Crippen LogP contribution in [0.25, 0.3) is 33.3 Å². The average molecular weight is 459 g/mol. The van der Waals surface area contributed by atoms with Crippen molar-refractivity contribution in [2.24, 2.45) is 7.05 Å². The van der Waals surface area contributed by atoms with Crippen molar-refractivity contribution in [2.45, 2.75) is 38.8 Å². The first-order chi connectivity index (χ1) is 16.2. The van der Waals surface area contributed by atoms with Gasteiger partial charge in [0.1, 0.15) is 29.2 Å². The van der Waals surface area contributed by atoms with Gasteiger partial charge in [-0.15, -0.1) is 0 Å². The number of fused-ring (bicyclic) bond motifs is 3. The molecule has 3 aromatic heterocycles. The van der Waals surface area contributed by atoms with Crippen LogP contribution in [0.4, 0.5) is 4.39 Å². The predicted molar refractivity (Wildman–Crippen MR) is 126 cm³/mol. The second kappa shape index (κ2) is 8.86. The van der Waals surface area contributed by atoms with Crippen molar-refractivity contribution in [2.75, 3.05) is 13.2 Å². The Balaban J connectivity index is 2.16. The highest BCUT2D eigenvalue weighted by molar-refractivity contribution is 6.07. The van der Waals surface area contributed by atoms with Crippen LogP contribution in [-0.4, -0.2) is 43.4 Å². The van der Waals surface area contributed by atoms with Crippen molar-refractivity contribution >= 4 is 22.1 Å². The Hall–Kier alpha value is -3.79. The molecule has 0 saturated carbocycles. The molecule has 0 saturated heterocycles. The van der Waals surface area contributed by atoms with Crippen molar-refractivity contribution in [3.63, 3.8) is 0 Å². The summed E-state index contributed by atoms with van der Waals surface area (Å²) in [7, 11) is 1.89. The summed E-state index contributed by atoms with van der Waals surface area (Å²) in [6.45, 7) is 6.52. The van der Waals surface area contributed by atoms with Crippen molar-refractivity contribution in [3.05, 3.63) is 47.7 Å². The summed E-state index contributed by atoms with van der Waals surface area (Å²) >= 11 is 0. The van der Waals surface area contributed by atoms with Crippen LogP contribution in [0.1, 0.15) is 31.9 Å². The zero-order valence-electron chi connectivity index (χ0n) is 19.5. The SMILES string of the molecule is Cn1cnc2[c]nc3c(c(C(C)(C)C)c(-c4cc(F)cc(C#N)c4)n3CC(C#N)NCCO)c21. The van der Waals surface area contributed by atoms with E-state index in [1.165, 1.54) is 12.1 Å². The molecule has 34 heavy (non-hydrogen) atoms. The van der Waals surface area contributed by atoms with Crippen LogP contribution >= 0.6 is 0 Å². The quantitative estimate of drug-likeness (QED) is 0.459. The standard InChI is InChI=1S/C25H25FN7O/c1-25(2,3)21-20-23-19(31-14-32(23)4)12-30-24(20)33(13-18(11-28)29-5-6-34)22(21)16-7-15(10-27)8-17(26)9-16/h7-9,14,18,29,34H,5-6,13H2,1-4H3. The van der Waals surface area contributed by atoms with E-state index in [0.29, 0.717) is 22.4 Å². The van der Waals surface area contributed by atoms with E-state index >= 15 is 0 Å². The average Bonchev–Trinajstić information content (AvgIpc) is 3.33. The second-order valence-electron chi connectivity index (χ2n) is 9.26. The Labute approximate surface area is 196 Å². The van der Waals surface area contributed by atoms with E-state index in [9.17, 15) is 20.0 Å². The van der Waals surface area contributed by atoms with Gasteiger partial charge in [0.25, 0.3) is 0 Å². The fraction of sp³-hybridized carbons (Fsp3) is 0.360. The number of aryl methyl sites for hydroxylation is 1. The summed E-state index contributed by atoms with van der Waals surface area (Å²) < 4.78 is 18.4. The number of nitrogens with zero attached hydrogens (tertiary/aromatic N) is 6. The number of halogens is 1. The third-order valence-corrected chi connectivity index (χ3v) is 5.75. The van der Waals surface area contributed by atoms with E-state index < -0.39 is 17.3 Å². The van der Waals surface area contributed by atoms with Crippen molar-refractivity contribution in [1.29, 1.82) is 10.5 Å². The summed E-state index contributed by atoms with van der Waals surface area (Å²) in [5, 5.41) is 32.3. The Bertz CT molecular complexity index is 1460.